The van der Waals surface area contributed by atoms with Crippen LogP contribution < -0.4 is 5.32 Å². The second-order valence-electron chi connectivity index (χ2n) is 6.42. The zero-order valence-electron chi connectivity index (χ0n) is 13.8. The molecule has 1 fully saturated rings. The van der Waals surface area contributed by atoms with Crippen molar-refractivity contribution in [1.82, 2.24) is 15.1 Å². The van der Waals surface area contributed by atoms with Crippen molar-refractivity contribution in [3.05, 3.63) is 0 Å². The van der Waals surface area contributed by atoms with E-state index in [4.69, 9.17) is 0 Å². The van der Waals surface area contributed by atoms with Crippen LogP contribution in [0.4, 0.5) is 0 Å². The van der Waals surface area contributed by atoms with E-state index in [-0.39, 0.29) is 0 Å². The van der Waals surface area contributed by atoms with Gasteiger partial charge in [0.15, 0.2) is 0 Å². The van der Waals surface area contributed by atoms with Crippen molar-refractivity contribution >= 4 is 5.91 Å². The van der Waals surface area contributed by atoms with Gasteiger partial charge in [0.25, 0.3) is 0 Å². The number of carbonyl (C=O) groups is 1. The highest BCUT2D eigenvalue weighted by Crippen LogP contribution is 2.23. The summed E-state index contributed by atoms with van der Waals surface area (Å²) in [5, 5.41) is 3.45. The molecule has 2 atom stereocenters. The average molecular weight is 283 g/mol. The van der Waals surface area contributed by atoms with Gasteiger partial charge in [0.05, 0.1) is 0 Å². The summed E-state index contributed by atoms with van der Waals surface area (Å²) in [6.45, 7) is 9.32. The fourth-order valence-corrected chi connectivity index (χ4v) is 2.97. The van der Waals surface area contributed by atoms with Gasteiger partial charge in [0, 0.05) is 19.5 Å². The minimum atomic E-state index is 0.337. The van der Waals surface area contributed by atoms with Crippen LogP contribution >= 0.6 is 0 Å². The number of hydrogen-bond acceptors (Lipinski definition) is 3. The smallest absolute Gasteiger partial charge is 0.222 e. The maximum atomic E-state index is 12.4. The second kappa shape index (κ2) is 9.35. The first kappa shape index (κ1) is 17.4. The molecule has 0 spiro atoms. The van der Waals surface area contributed by atoms with Crippen molar-refractivity contribution in [2.45, 2.75) is 39.5 Å². The van der Waals surface area contributed by atoms with Crippen molar-refractivity contribution in [1.29, 1.82) is 0 Å². The largest absolute Gasteiger partial charge is 0.343 e. The molecule has 1 aliphatic rings. The van der Waals surface area contributed by atoms with E-state index in [0.29, 0.717) is 24.2 Å². The number of nitrogens with one attached hydrogen (secondary N) is 1. The van der Waals surface area contributed by atoms with E-state index in [1.54, 1.807) is 0 Å². The molecule has 1 heterocycles. The summed E-state index contributed by atoms with van der Waals surface area (Å²) in [6.07, 6.45) is 4.30. The molecule has 0 saturated carbocycles. The lowest BCUT2D eigenvalue weighted by Gasteiger charge is -2.30. The molecule has 2 unspecified atom stereocenters. The fraction of sp³-hybridized carbons (Fsp3) is 0.938. The lowest BCUT2D eigenvalue weighted by molar-refractivity contribution is -0.132. The van der Waals surface area contributed by atoms with Crippen LogP contribution in [0.25, 0.3) is 0 Å². The van der Waals surface area contributed by atoms with Gasteiger partial charge in [-0.05, 0) is 71.8 Å². The van der Waals surface area contributed by atoms with Crippen LogP contribution in [-0.2, 0) is 4.79 Å². The van der Waals surface area contributed by atoms with E-state index in [9.17, 15) is 4.79 Å². The normalized spacial score (nSPS) is 20.9. The Balaban J connectivity index is 2.33. The molecule has 0 aromatic carbocycles. The van der Waals surface area contributed by atoms with Crippen molar-refractivity contribution in [2.75, 3.05) is 46.8 Å². The SMILES string of the molecule is CCN(CCCN(C)C)C(=O)CC(C)C1CCCNC1. The number of rotatable bonds is 8. The highest BCUT2D eigenvalue weighted by Gasteiger charge is 2.23. The Kier molecular flexibility index (Phi) is 8.15. The highest BCUT2D eigenvalue weighted by atomic mass is 16.2. The van der Waals surface area contributed by atoms with Crippen molar-refractivity contribution in [3.8, 4) is 0 Å². The predicted molar refractivity (Wildman–Crippen MR) is 84.8 cm³/mol. The number of amides is 1. The summed E-state index contributed by atoms with van der Waals surface area (Å²) in [5.41, 5.74) is 0. The molecule has 1 rings (SSSR count). The zero-order chi connectivity index (χ0) is 15.0. The van der Waals surface area contributed by atoms with Crippen molar-refractivity contribution in [3.63, 3.8) is 0 Å². The van der Waals surface area contributed by atoms with Crippen LogP contribution in [0.3, 0.4) is 0 Å². The monoisotopic (exact) mass is 283 g/mol. The maximum Gasteiger partial charge on any atom is 0.222 e. The van der Waals surface area contributed by atoms with E-state index >= 15 is 0 Å². The van der Waals surface area contributed by atoms with Crippen LogP contribution in [0, 0.1) is 11.8 Å². The molecule has 0 aromatic heterocycles. The Morgan fingerprint density at radius 2 is 2.10 bits per heavy atom. The van der Waals surface area contributed by atoms with Gasteiger partial charge in [-0.1, -0.05) is 6.92 Å². The van der Waals surface area contributed by atoms with Gasteiger partial charge in [-0.2, -0.15) is 0 Å². The van der Waals surface area contributed by atoms with Gasteiger partial charge >= 0.3 is 0 Å². The third kappa shape index (κ3) is 6.23. The Bertz CT molecular complexity index is 275. The minimum Gasteiger partial charge on any atom is -0.343 e. The van der Waals surface area contributed by atoms with Crippen LogP contribution in [0.2, 0.25) is 0 Å². The first-order valence-corrected chi connectivity index (χ1v) is 8.17. The number of hydrogen-bond donors (Lipinski definition) is 1. The van der Waals surface area contributed by atoms with E-state index in [1.807, 2.05) is 4.90 Å². The maximum absolute atomic E-state index is 12.4. The third-order valence-corrected chi connectivity index (χ3v) is 4.40. The van der Waals surface area contributed by atoms with Crippen LogP contribution in [0.5, 0.6) is 0 Å². The molecule has 4 nitrogen and oxygen atoms in total. The minimum absolute atomic E-state index is 0.337. The van der Waals surface area contributed by atoms with Gasteiger partial charge in [-0.15, -0.1) is 0 Å². The van der Waals surface area contributed by atoms with Gasteiger partial charge < -0.3 is 15.1 Å². The second-order valence-corrected chi connectivity index (χ2v) is 6.42. The molecule has 0 radical (unpaired) electrons. The van der Waals surface area contributed by atoms with E-state index < -0.39 is 0 Å². The molecule has 0 aromatic rings. The fourth-order valence-electron chi connectivity index (χ4n) is 2.97. The summed E-state index contributed by atoms with van der Waals surface area (Å²) >= 11 is 0. The Morgan fingerprint density at radius 3 is 2.65 bits per heavy atom. The van der Waals surface area contributed by atoms with E-state index in [0.717, 1.165) is 39.1 Å². The predicted octanol–water partition coefficient (Wildman–Crippen LogP) is 1.81. The van der Waals surface area contributed by atoms with Crippen LogP contribution in [0.1, 0.15) is 39.5 Å². The number of piperidine rings is 1. The molecular weight excluding hydrogens is 250 g/mol. The van der Waals surface area contributed by atoms with Crippen LogP contribution in [0.15, 0.2) is 0 Å². The Morgan fingerprint density at radius 1 is 1.35 bits per heavy atom. The molecule has 1 saturated heterocycles. The van der Waals surface area contributed by atoms with Gasteiger partial charge in [0.1, 0.15) is 0 Å². The molecule has 20 heavy (non-hydrogen) atoms. The summed E-state index contributed by atoms with van der Waals surface area (Å²) < 4.78 is 0. The topological polar surface area (TPSA) is 35.6 Å². The number of nitrogens with zero attached hydrogens (tertiary/aromatic N) is 2. The zero-order valence-corrected chi connectivity index (χ0v) is 13.8. The summed E-state index contributed by atoms with van der Waals surface area (Å²) in [4.78, 5) is 16.6. The molecule has 1 amide bonds. The molecular formula is C16H33N3O. The van der Waals surface area contributed by atoms with Crippen molar-refractivity contribution < 1.29 is 4.79 Å². The van der Waals surface area contributed by atoms with Gasteiger partial charge in [-0.25, -0.2) is 0 Å². The lowest BCUT2D eigenvalue weighted by Crippen LogP contribution is -2.38. The van der Waals surface area contributed by atoms with E-state index in [2.05, 4.69) is 38.2 Å². The number of carbonyl (C=O) groups excluding carboxylic acids is 1. The Labute approximate surface area is 124 Å². The first-order chi connectivity index (χ1) is 9.54. The quantitative estimate of drug-likeness (QED) is 0.738. The summed E-state index contributed by atoms with van der Waals surface area (Å²) in [6, 6.07) is 0. The molecule has 1 aliphatic heterocycles. The average Bonchev–Trinajstić information content (AvgIpc) is 2.44. The molecule has 118 valence electrons. The summed E-state index contributed by atoms with van der Waals surface area (Å²) in [7, 11) is 4.16. The molecule has 0 bridgehead atoms. The molecule has 0 aliphatic carbocycles. The molecule has 4 heteroatoms. The van der Waals surface area contributed by atoms with Crippen molar-refractivity contribution in [2.24, 2.45) is 11.8 Å². The third-order valence-electron chi connectivity index (χ3n) is 4.40. The van der Waals surface area contributed by atoms with E-state index in [1.165, 1.54) is 12.8 Å². The lowest BCUT2D eigenvalue weighted by atomic mass is 9.85. The van der Waals surface area contributed by atoms with Gasteiger partial charge in [0.2, 0.25) is 5.91 Å². The van der Waals surface area contributed by atoms with Gasteiger partial charge in [-0.3, -0.25) is 4.79 Å². The highest BCUT2D eigenvalue weighted by molar-refractivity contribution is 5.76. The Hall–Kier alpha value is -0.610. The molecule has 1 N–H and O–H groups in total. The summed E-state index contributed by atoms with van der Waals surface area (Å²) in [5.74, 6) is 1.51. The standard InChI is InChI=1S/C16H33N3O/c1-5-19(11-7-10-18(3)4)16(20)12-14(2)15-8-6-9-17-13-15/h14-15,17H,5-13H2,1-4H3. The van der Waals surface area contributed by atoms with Crippen LogP contribution in [-0.4, -0.2) is 62.5 Å². The first-order valence-electron chi connectivity index (χ1n) is 8.17.